The number of carbonyl (C=O) groups is 1. The van der Waals surface area contributed by atoms with Gasteiger partial charge in [-0.15, -0.1) is 11.6 Å². The second-order valence-corrected chi connectivity index (χ2v) is 5.15. The molecule has 0 unspecified atom stereocenters. The van der Waals surface area contributed by atoms with Crippen LogP contribution >= 0.6 is 11.6 Å². The van der Waals surface area contributed by atoms with E-state index in [0.29, 0.717) is 12.3 Å². The summed E-state index contributed by atoms with van der Waals surface area (Å²) < 4.78 is 5.24. The minimum absolute atomic E-state index is 0.0325. The van der Waals surface area contributed by atoms with Crippen LogP contribution in [0, 0.1) is 0 Å². The van der Waals surface area contributed by atoms with E-state index in [-0.39, 0.29) is 11.4 Å². The Morgan fingerprint density at radius 2 is 2.00 bits per heavy atom. The summed E-state index contributed by atoms with van der Waals surface area (Å²) in [4.78, 5) is 13.9. The fourth-order valence-corrected chi connectivity index (χ4v) is 1.74. The smallest absolute Gasteiger partial charge is 0.227 e. The predicted molar refractivity (Wildman–Crippen MR) is 74.3 cm³/mol. The van der Waals surface area contributed by atoms with Crippen molar-refractivity contribution in [3.63, 3.8) is 0 Å². The molecule has 0 radical (unpaired) electrons. The highest BCUT2D eigenvalue weighted by atomic mass is 35.5. The number of methoxy groups -OCH3 is 1. The van der Waals surface area contributed by atoms with E-state index in [1.54, 1.807) is 19.1 Å². The number of hydrogen-bond donors (Lipinski definition) is 0. The first kappa shape index (κ1) is 14.8. The Hall–Kier alpha value is -1.22. The first-order valence-corrected chi connectivity index (χ1v) is 6.40. The average molecular weight is 270 g/mol. The lowest BCUT2D eigenvalue weighted by atomic mass is 10.0. The number of alkyl halides is 1. The lowest BCUT2D eigenvalue weighted by Crippen LogP contribution is -2.47. The number of carbonyl (C=O) groups excluding carboxylic acids is 1. The van der Waals surface area contributed by atoms with Crippen molar-refractivity contribution in [3.8, 4) is 5.75 Å². The number of benzene rings is 1. The molecule has 0 aliphatic rings. The van der Waals surface area contributed by atoms with Gasteiger partial charge >= 0.3 is 0 Å². The van der Waals surface area contributed by atoms with E-state index >= 15 is 0 Å². The topological polar surface area (TPSA) is 29.5 Å². The Bertz CT molecular complexity index is 418. The summed E-state index contributed by atoms with van der Waals surface area (Å²) in [5, 5.41) is 0. The number of rotatable bonds is 5. The summed E-state index contributed by atoms with van der Waals surface area (Å²) in [5.41, 5.74) is 0.544. The summed E-state index contributed by atoms with van der Waals surface area (Å²) in [6.07, 6.45) is 0.320. The van der Waals surface area contributed by atoms with Crippen LogP contribution in [-0.4, -0.2) is 36.4 Å². The van der Waals surface area contributed by atoms with Crippen LogP contribution < -0.4 is 4.74 Å². The van der Waals surface area contributed by atoms with Crippen LogP contribution in [0.1, 0.15) is 19.4 Å². The van der Waals surface area contributed by atoms with Crippen molar-refractivity contribution in [3.05, 3.63) is 29.8 Å². The van der Waals surface area contributed by atoms with Gasteiger partial charge in [-0.1, -0.05) is 18.2 Å². The molecule has 3 nitrogen and oxygen atoms in total. The Balaban J connectivity index is 2.82. The minimum atomic E-state index is -0.347. The third-order valence-electron chi connectivity index (χ3n) is 3.14. The van der Waals surface area contributed by atoms with Crippen LogP contribution in [0.15, 0.2) is 24.3 Å². The van der Waals surface area contributed by atoms with E-state index in [9.17, 15) is 4.79 Å². The summed E-state index contributed by atoms with van der Waals surface area (Å²) >= 11 is 5.88. The van der Waals surface area contributed by atoms with Gasteiger partial charge in [-0.05, 0) is 19.9 Å². The van der Waals surface area contributed by atoms with Crippen LogP contribution in [0.3, 0.4) is 0 Å². The fraction of sp³-hybridized carbons (Fsp3) is 0.500. The van der Waals surface area contributed by atoms with E-state index in [2.05, 4.69) is 0 Å². The van der Waals surface area contributed by atoms with Crippen molar-refractivity contribution in [2.75, 3.05) is 20.0 Å². The fourth-order valence-electron chi connectivity index (χ4n) is 1.56. The molecule has 0 spiro atoms. The highest BCUT2D eigenvalue weighted by Gasteiger charge is 2.26. The summed E-state index contributed by atoms with van der Waals surface area (Å²) in [6, 6.07) is 7.55. The van der Waals surface area contributed by atoms with E-state index in [4.69, 9.17) is 16.3 Å². The molecule has 0 aromatic heterocycles. The van der Waals surface area contributed by atoms with Crippen molar-refractivity contribution >= 4 is 17.5 Å². The van der Waals surface area contributed by atoms with E-state index in [1.165, 1.54) is 0 Å². The summed E-state index contributed by atoms with van der Waals surface area (Å²) in [7, 11) is 3.38. The minimum Gasteiger partial charge on any atom is -0.496 e. The van der Waals surface area contributed by atoms with Gasteiger partial charge < -0.3 is 9.64 Å². The first-order chi connectivity index (χ1) is 8.42. The average Bonchev–Trinajstić information content (AvgIpc) is 2.38. The Morgan fingerprint density at radius 3 is 2.56 bits per heavy atom. The van der Waals surface area contributed by atoms with Gasteiger partial charge in [-0.3, -0.25) is 4.79 Å². The standard InChI is InChI=1S/C14H20ClNO2/c1-14(2,10-15)16(3)13(17)9-11-7-5-6-8-12(11)18-4/h5-8H,9-10H2,1-4H3. The maximum Gasteiger partial charge on any atom is 0.227 e. The molecular weight excluding hydrogens is 250 g/mol. The monoisotopic (exact) mass is 269 g/mol. The highest BCUT2D eigenvalue weighted by molar-refractivity contribution is 6.18. The summed E-state index contributed by atoms with van der Waals surface area (Å²) in [6.45, 7) is 3.89. The molecule has 0 N–H and O–H groups in total. The lowest BCUT2D eigenvalue weighted by Gasteiger charge is -2.34. The SMILES string of the molecule is COc1ccccc1CC(=O)N(C)C(C)(C)CCl. The zero-order valence-corrected chi connectivity index (χ0v) is 12.1. The maximum atomic E-state index is 12.2. The number of halogens is 1. The number of hydrogen-bond acceptors (Lipinski definition) is 2. The molecule has 100 valence electrons. The van der Waals surface area contributed by atoms with Crippen molar-refractivity contribution in [2.24, 2.45) is 0 Å². The van der Waals surface area contributed by atoms with Crippen LogP contribution in [0.4, 0.5) is 0 Å². The molecule has 18 heavy (non-hydrogen) atoms. The molecule has 1 aromatic rings. The molecule has 0 atom stereocenters. The molecule has 0 aliphatic heterocycles. The van der Waals surface area contributed by atoms with Crippen LogP contribution in [0.25, 0.3) is 0 Å². The van der Waals surface area contributed by atoms with E-state index < -0.39 is 0 Å². The number of likely N-dealkylation sites (N-methyl/N-ethyl adjacent to an activating group) is 1. The third-order valence-corrected chi connectivity index (χ3v) is 3.80. The molecule has 4 heteroatoms. The molecule has 0 bridgehead atoms. The van der Waals surface area contributed by atoms with Gasteiger partial charge in [0.15, 0.2) is 0 Å². The molecule has 1 rings (SSSR count). The van der Waals surface area contributed by atoms with Crippen LogP contribution in [0.5, 0.6) is 5.75 Å². The third kappa shape index (κ3) is 3.39. The maximum absolute atomic E-state index is 12.2. The molecule has 0 heterocycles. The van der Waals surface area contributed by atoms with Gasteiger partial charge in [-0.25, -0.2) is 0 Å². The lowest BCUT2D eigenvalue weighted by molar-refractivity contribution is -0.133. The first-order valence-electron chi connectivity index (χ1n) is 5.87. The van der Waals surface area contributed by atoms with Crippen molar-refractivity contribution in [2.45, 2.75) is 25.8 Å². The number of ether oxygens (including phenoxy) is 1. The van der Waals surface area contributed by atoms with E-state index in [0.717, 1.165) is 11.3 Å². The van der Waals surface area contributed by atoms with Crippen LogP contribution in [-0.2, 0) is 11.2 Å². The quantitative estimate of drug-likeness (QED) is 0.770. The van der Waals surface area contributed by atoms with Gasteiger partial charge in [-0.2, -0.15) is 0 Å². The second kappa shape index (κ2) is 6.10. The van der Waals surface area contributed by atoms with Gasteiger partial charge in [0.05, 0.1) is 19.1 Å². The zero-order chi connectivity index (χ0) is 13.8. The zero-order valence-electron chi connectivity index (χ0n) is 11.4. The molecule has 1 amide bonds. The molecule has 0 fully saturated rings. The van der Waals surface area contributed by atoms with Crippen LogP contribution in [0.2, 0.25) is 0 Å². The highest BCUT2D eigenvalue weighted by Crippen LogP contribution is 2.21. The molecule has 0 saturated carbocycles. The number of para-hydroxylation sites is 1. The number of nitrogens with zero attached hydrogens (tertiary/aromatic N) is 1. The van der Waals surface area contributed by atoms with E-state index in [1.807, 2.05) is 38.1 Å². The Morgan fingerprint density at radius 1 is 1.39 bits per heavy atom. The second-order valence-electron chi connectivity index (χ2n) is 4.89. The van der Waals surface area contributed by atoms with Gasteiger partial charge in [0.2, 0.25) is 5.91 Å². The van der Waals surface area contributed by atoms with Crippen molar-refractivity contribution < 1.29 is 9.53 Å². The molecule has 1 aromatic carbocycles. The predicted octanol–water partition coefficient (Wildman–Crippen LogP) is 2.71. The largest absolute Gasteiger partial charge is 0.496 e. The normalized spacial score (nSPS) is 11.2. The van der Waals surface area contributed by atoms with Gasteiger partial charge in [0.1, 0.15) is 5.75 Å². The van der Waals surface area contributed by atoms with Gasteiger partial charge in [0, 0.05) is 18.5 Å². The Kier molecular flexibility index (Phi) is 5.03. The molecular formula is C14H20ClNO2. The number of amides is 1. The van der Waals surface area contributed by atoms with Crippen molar-refractivity contribution in [1.29, 1.82) is 0 Å². The summed E-state index contributed by atoms with van der Waals surface area (Å²) in [5.74, 6) is 1.18. The molecule has 0 aliphatic carbocycles. The van der Waals surface area contributed by atoms with Gasteiger partial charge in [0.25, 0.3) is 0 Å². The Labute approximate surface area is 114 Å². The molecule has 0 saturated heterocycles. The van der Waals surface area contributed by atoms with Crippen molar-refractivity contribution in [1.82, 2.24) is 4.90 Å².